The molecule has 6 nitrogen and oxygen atoms in total. The highest BCUT2D eigenvalue weighted by molar-refractivity contribution is 8.18. The van der Waals surface area contributed by atoms with Crippen molar-refractivity contribution in [2.75, 3.05) is 26.2 Å². The molecule has 0 spiro atoms. The minimum Gasteiger partial charge on any atom is -0.348 e. The van der Waals surface area contributed by atoms with Crippen LogP contribution in [0, 0.1) is 6.92 Å². The minimum atomic E-state index is -0.216. The van der Waals surface area contributed by atoms with Crippen LogP contribution in [-0.4, -0.2) is 51.9 Å². The highest BCUT2D eigenvalue weighted by atomic mass is 35.5. The summed E-state index contributed by atoms with van der Waals surface area (Å²) in [5.41, 5.74) is 2.41. The normalized spacial score (nSPS) is 19.3. The number of nitrogens with zero attached hydrogens (tertiary/aromatic N) is 4. The van der Waals surface area contributed by atoms with Gasteiger partial charge in [-0.25, -0.2) is 4.68 Å². The Labute approximate surface area is 160 Å². The number of benzene rings is 1. The molecule has 1 saturated heterocycles. The summed E-state index contributed by atoms with van der Waals surface area (Å²) in [7, 11) is 0. The fourth-order valence-electron chi connectivity index (χ4n) is 2.94. The molecule has 1 N–H and O–H groups in total. The van der Waals surface area contributed by atoms with Crippen molar-refractivity contribution in [1.29, 1.82) is 0 Å². The Morgan fingerprint density at radius 1 is 1.23 bits per heavy atom. The predicted octanol–water partition coefficient (Wildman–Crippen LogP) is 2.71. The first-order valence-electron chi connectivity index (χ1n) is 8.42. The van der Waals surface area contributed by atoms with Gasteiger partial charge in [0.25, 0.3) is 5.91 Å². The van der Waals surface area contributed by atoms with Crippen LogP contribution in [0.1, 0.15) is 11.3 Å². The summed E-state index contributed by atoms with van der Waals surface area (Å²) in [6.45, 7) is 5.42. The lowest BCUT2D eigenvalue weighted by atomic mass is 10.2. The summed E-state index contributed by atoms with van der Waals surface area (Å²) < 4.78 is 1.69. The Balaban J connectivity index is 1.61. The summed E-state index contributed by atoms with van der Waals surface area (Å²) in [5.74, 6) is -0.216. The van der Waals surface area contributed by atoms with E-state index in [4.69, 9.17) is 11.6 Å². The molecule has 1 aromatic carbocycles. The molecule has 0 saturated carbocycles. The summed E-state index contributed by atoms with van der Waals surface area (Å²) in [6, 6.07) is 9.70. The van der Waals surface area contributed by atoms with Crippen molar-refractivity contribution in [2.45, 2.75) is 6.92 Å². The van der Waals surface area contributed by atoms with Crippen molar-refractivity contribution in [3.05, 3.63) is 51.6 Å². The van der Waals surface area contributed by atoms with Gasteiger partial charge in [-0.2, -0.15) is 10.1 Å². The van der Waals surface area contributed by atoms with E-state index in [1.54, 1.807) is 10.8 Å². The topological polar surface area (TPSA) is 62.5 Å². The third-order valence-corrected chi connectivity index (χ3v) is 5.73. The van der Waals surface area contributed by atoms with E-state index in [0.29, 0.717) is 10.1 Å². The van der Waals surface area contributed by atoms with Gasteiger partial charge in [0, 0.05) is 31.7 Å². The molecule has 0 radical (unpaired) electrons. The zero-order valence-corrected chi connectivity index (χ0v) is 15.8. The summed E-state index contributed by atoms with van der Waals surface area (Å²) in [4.78, 5) is 19.3. The van der Waals surface area contributed by atoms with Crippen LogP contribution in [-0.2, 0) is 4.79 Å². The van der Waals surface area contributed by atoms with Crippen LogP contribution in [0.4, 0.5) is 0 Å². The Kier molecular flexibility index (Phi) is 4.84. The molecule has 2 aromatic rings. The van der Waals surface area contributed by atoms with Crippen LogP contribution < -0.4 is 5.32 Å². The van der Waals surface area contributed by atoms with Crippen LogP contribution in [0.3, 0.4) is 0 Å². The molecule has 2 aliphatic rings. The number of rotatable bonds is 2. The molecule has 0 unspecified atom stereocenters. The molecule has 8 heteroatoms. The third-order valence-electron chi connectivity index (χ3n) is 4.32. The Hall–Kier alpha value is -2.09. The van der Waals surface area contributed by atoms with Crippen LogP contribution >= 0.6 is 23.4 Å². The molecule has 2 aliphatic heterocycles. The van der Waals surface area contributed by atoms with Crippen LogP contribution in [0.25, 0.3) is 11.8 Å². The number of hydrogen-bond donors (Lipinski definition) is 1. The second-order valence-electron chi connectivity index (χ2n) is 6.08. The highest BCUT2D eigenvalue weighted by Gasteiger charge is 2.27. The fraction of sp³-hybridized carbons (Fsp3) is 0.278. The van der Waals surface area contributed by atoms with Gasteiger partial charge in [-0.15, -0.1) is 0 Å². The van der Waals surface area contributed by atoms with Crippen molar-refractivity contribution >= 4 is 40.5 Å². The molecule has 4 rings (SSSR count). The molecule has 0 atom stereocenters. The van der Waals surface area contributed by atoms with Gasteiger partial charge >= 0.3 is 0 Å². The Bertz CT molecular complexity index is 900. The van der Waals surface area contributed by atoms with Crippen LogP contribution in [0.5, 0.6) is 0 Å². The lowest BCUT2D eigenvalue weighted by Gasteiger charge is -2.27. The largest absolute Gasteiger partial charge is 0.348 e. The van der Waals surface area contributed by atoms with E-state index in [9.17, 15) is 4.79 Å². The van der Waals surface area contributed by atoms with Crippen LogP contribution in [0.15, 0.2) is 40.2 Å². The number of aliphatic imine (C=N–C) groups is 1. The molecule has 26 heavy (non-hydrogen) atoms. The predicted molar refractivity (Wildman–Crippen MR) is 106 cm³/mol. The Morgan fingerprint density at radius 2 is 1.96 bits per heavy atom. The highest BCUT2D eigenvalue weighted by Crippen LogP contribution is 2.33. The fourth-order valence-corrected chi connectivity index (χ4v) is 4.21. The minimum absolute atomic E-state index is 0.216. The molecule has 3 heterocycles. The lowest BCUT2D eigenvalue weighted by Crippen LogP contribution is -2.45. The molecular formula is C18H18ClN5OS. The average Bonchev–Trinajstić information content (AvgIpc) is 3.18. The van der Waals surface area contributed by atoms with Gasteiger partial charge in [-0.05, 0) is 36.9 Å². The molecular weight excluding hydrogens is 370 g/mol. The van der Waals surface area contributed by atoms with Gasteiger partial charge < -0.3 is 10.2 Å². The third kappa shape index (κ3) is 3.30. The number of para-hydroxylation sites is 1. The van der Waals surface area contributed by atoms with Gasteiger partial charge in [-0.1, -0.05) is 29.8 Å². The number of carbonyl (C=O) groups is 1. The van der Waals surface area contributed by atoms with E-state index in [-0.39, 0.29) is 5.91 Å². The number of nitrogens with one attached hydrogen (secondary N) is 1. The first kappa shape index (κ1) is 17.3. The smallest absolute Gasteiger partial charge is 0.286 e. The molecule has 1 amide bonds. The number of hydrogen-bond acceptors (Lipinski definition) is 5. The van der Waals surface area contributed by atoms with E-state index in [1.807, 2.05) is 37.3 Å². The summed E-state index contributed by atoms with van der Waals surface area (Å²) in [5, 5.41) is 9.08. The van der Waals surface area contributed by atoms with Gasteiger partial charge in [0.05, 0.1) is 16.3 Å². The number of thioether (sulfide) groups is 1. The lowest BCUT2D eigenvalue weighted by molar-refractivity contribution is -0.113. The zero-order valence-electron chi connectivity index (χ0n) is 14.3. The standard InChI is InChI=1S/C18H18ClN5OS/c1-12-14(16(19)24(22-12)13-5-3-2-4-6-13)11-15-17(25)21-18(26-15)23-9-7-20-8-10-23/h2-6,11,20H,7-10H2,1H3/b15-11-. The zero-order chi connectivity index (χ0) is 18.1. The maximum absolute atomic E-state index is 12.3. The van der Waals surface area contributed by atoms with Crippen molar-refractivity contribution in [1.82, 2.24) is 20.0 Å². The van der Waals surface area contributed by atoms with Gasteiger partial charge in [0.1, 0.15) is 5.15 Å². The molecule has 1 aromatic heterocycles. The van der Waals surface area contributed by atoms with Crippen LogP contribution in [0.2, 0.25) is 5.15 Å². The number of aromatic nitrogens is 2. The SMILES string of the molecule is Cc1nn(-c2ccccc2)c(Cl)c1/C=C1\SC(N2CCNCC2)=NC1=O. The van der Waals surface area contributed by atoms with Crippen molar-refractivity contribution in [3.63, 3.8) is 0 Å². The van der Waals surface area contributed by atoms with E-state index < -0.39 is 0 Å². The van der Waals surface area contributed by atoms with E-state index >= 15 is 0 Å². The number of piperazine rings is 1. The van der Waals surface area contributed by atoms with Gasteiger partial charge in [0.2, 0.25) is 0 Å². The Morgan fingerprint density at radius 3 is 2.69 bits per heavy atom. The number of amides is 1. The molecule has 0 aliphatic carbocycles. The van der Waals surface area contributed by atoms with Gasteiger partial charge in [0.15, 0.2) is 5.17 Å². The first-order chi connectivity index (χ1) is 12.6. The molecule has 134 valence electrons. The number of halogens is 1. The van der Waals surface area contributed by atoms with E-state index in [1.165, 1.54) is 11.8 Å². The average molecular weight is 388 g/mol. The quantitative estimate of drug-likeness (QED) is 0.803. The summed E-state index contributed by atoms with van der Waals surface area (Å²) >= 11 is 7.96. The molecule has 0 bridgehead atoms. The number of carbonyl (C=O) groups excluding carboxylic acids is 1. The second-order valence-corrected chi connectivity index (χ2v) is 7.45. The summed E-state index contributed by atoms with van der Waals surface area (Å²) in [6.07, 6.45) is 1.80. The van der Waals surface area contributed by atoms with Crippen molar-refractivity contribution < 1.29 is 4.79 Å². The maximum Gasteiger partial charge on any atom is 0.286 e. The molecule has 1 fully saturated rings. The second kappa shape index (κ2) is 7.26. The monoisotopic (exact) mass is 387 g/mol. The van der Waals surface area contributed by atoms with E-state index in [2.05, 4.69) is 20.3 Å². The first-order valence-corrected chi connectivity index (χ1v) is 9.62. The van der Waals surface area contributed by atoms with E-state index in [0.717, 1.165) is 48.3 Å². The van der Waals surface area contributed by atoms with Gasteiger partial charge in [-0.3, -0.25) is 4.79 Å². The van der Waals surface area contributed by atoms with Crippen molar-refractivity contribution in [3.8, 4) is 5.69 Å². The van der Waals surface area contributed by atoms with Crippen molar-refractivity contribution in [2.24, 2.45) is 4.99 Å². The number of aryl methyl sites for hydroxylation is 1. The number of amidine groups is 1. The maximum atomic E-state index is 12.3.